The Morgan fingerprint density at radius 3 is 2.43 bits per heavy atom. The lowest BCUT2D eigenvalue weighted by Crippen LogP contribution is -2.38. The Kier molecular flexibility index (Phi) is 6.46. The molecule has 1 fully saturated rings. The van der Waals surface area contributed by atoms with Gasteiger partial charge < -0.3 is 9.84 Å². The minimum absolute atomic E-state index is 0. The summed E-state index contributed by atoms with van der Waals surface area (Å²) in [6.07, 6.45) is 1.43. The van der Waals surface area contributed by atoms with E-state index < -0.39 is 0 Å². The van der Waals surface area contributed by atoms with Crippen LogP contribution in [0.15, 0.2) is 54.6 Å². The van der Waals surface area contributed by atoms with Crippen molar-refractivity contribution in [3.05, 3.63) is 65.7 Å². The largest absolute Gasteiger partial charge is 0.497 e. The number of hydrogen-bond acceptors (Lipinski definition) is 3. The lowest BCUT2D eigenvalue weighted by Gasteiger charge is -2.38. The number of hydrogen-bond donors (Lipinski definition) is 1. The van der Waals surface area contributed by atoms with Crippen molar-refractivity contribution in [2.75, 3.05) is 13.7 Å². The molecule has 1 saturated heterocycles. The second-order valence-corrected chi connectivity index (χ2v) is 5.92. The molecule has 2 aromatic rings. The molecular weight excluding hydrogens is 310 g/mol. The molecule has 2 atom stereocenters. The molecule has 0 spiro atoms. The van der Waals surface area contributed by atoms with Gasteiger partial charge in [-0.15, -0.1) is 12.4 Å². The zero-order valence-electron chi connectivity index (χ0n) is 13.4. The highest BCUT2D eigenvalue weighted by Crippen LogP contribution is 2.33. The molecule has 1 heterocycles. The van der Waals surface area contributed by atoms with Crippen LogP contribution in [0.1, 0.15) is 30.0 Å². The zero-order valence-corrected chi connectivity index (χ0v) is 14.2. The molecule has 0 aliphatic carbocycles. The standard InChI is InChI=1S/C19H23NO2.ClH/c1-22-18-9-7-16(8-10-18)19-13-17(21)11-12-20(19)14-15-5-3-2-4-6-15;/h2-10,17,19,21H,11-14H2,1H3;1H. The molecule has 2 aromatic carbocycles. The number of aliphatic hydroxyl groups is 1. The average Bonchev–Trinajstić information content (AvgIpc) is 2.57. The van der Waals surface area contributed by atoms with Gasteiger partial charge in [0, 0.05) is 19.1 Å². The number of likely N-dealkylation sites (tertiary alicyclic amines) is 1. The van der Waals surface area contributed by atoms with E-state index in [9.17, 15) is 5.11 Å². The van der Waals surface area contributed by atoms with E-state index in [1.807, 2.05) is 18.2 Å². The molecule has 0 amide bonds. The molecule has 2 unspecified atom stereocenters. The molecule has 3 rings (SSSR count). The van der Waals surface area contributed by atoms with Crippen LogP contribution in [0.5, 0.6) is 5.75 Å². The van der Waals surface area contributed by atoms with Gasteiger partial charge in [0.1, 0.15) is 5.75 Å². The molecule has 4 heteroatoms. The summed E-state index contributed by atoms with van der Waals surface area (Å²) >= 11 is 0. The zero-order chi connectivity index (χ0) is 15.4. The third-order valence-corrected chi connectivity index (χ3v) is 4.41. The number of methoxy groups -OCH3 is 1. The van der Waals surface area contributed by atoms with Gasteiger partial charge in [-0.3, -0.25) is 4.90 Å². The van der Waals surface area contributed by atoms with Crippen LogP contribution >= 0.6 is 12.4 Å². The number of piperidine rings is 1. The summed E-state index contributed by atoms with van der Waals surface area (Å²) < 4.78 is 5.24. The smallest absolute Gasteiger partial charge is 0.118 e. The minimum atomic E-state index is -0.209. The van der Waals surface area contributed by atoms with E-state index in [1.54, 1.807) is 7.11 Å². The summed E-state index contributed by atoms with van der Waals surface area (Å²) in [5, 5.41) is 10.1. The van der Waals surface area contributed by atoms with Crippen LogP contribution in [-0.4, -0.2) is 29.8 Å². The molecule has 0 aromatic heterocycles. The number of aliphatic hydroxyl groups excluding tert-OH is 1. The molecule has 23 heavy (non-hydrogen) atoms. The second-order valence-electron chi connectivity index (χ2n) is 5.92. The van der Waals surface area contributed by atoms with Crippen molar-refractivity contribution < 1.29 is 9.84 Å². The molecule has 1 aliphatic rings. The van der Waals surface area contributed by atoms with Crippen LogP contribution in [0.2, 0.25) is 0 Å². The van der Waals surface area contributed by atoms with Crippen molar-refractivity contribution in [2.24, 2.45) is 0 Å². The number of benzene rings is 2. The highest BCUT2D eigenvalue weighted by molar-refractivity contribution is 5.85. The fraction of sp³-hybridized carbons (Fsp3) is 0.368. The van der Waals surface area contributed by atoms with E-state index in [0.717, 1.165) is 31.7 Å². The monoisotopic (exact) mass is 333 g/mol. The van der Waals surface area contributed by atoms with Gasteiger partial charge in [0.15, 0.2) is 0 Å². The summed E-state index contributed by atoms with van der Waals surface area (Å²) in [6, 6.07) is 19.0. The number of rotatable bonds is 4. The maximum Gasteiger partial charge on any atom is 0.118 e. The van der Waals surface area contributed by atoms with Crippen LogP contribution in [-0.2, 0) is 6.54 Å². The van der Waals surface area contributed by atoms with E-state index in [4.69, 9.17) is 4.74 Å². The van der Waals surface area contributed by atoms with Crippen molar-refractivity contribution in [1.82, 2.24) is 4.90 Å². The van der Waals surface area contributed by atoms with Crippen LogP contribution < -0.4 is 4.74 Å². The molecule has 0 saturated carbocycles. The fourth-order valence-corrected chi connectivity index (χ4v) is 3.18. The average molecular weight is 334 g/mol. The van der Waals surface area contributed by atoms with Crippen molar-refractivity contribution in [2.45, 2.75) is 31.5 Å². The lowest BCUT2D eigenvalue weighted by molar-refractivity contribution is 0.0364. The van der Waals surface area contributed by atoms with Gasteiger partial charge in [0.25, 0.3) is 0 Å². The summed E-state index contributed by atoms with van der Waals surface area (Å²) in [6.45, 7) is 1.84. The Bertz CT molecular complexity index is 588. The van der Waals surface area contributed by atoms with Crippen LogP contribution in [0.3, 0.4) is 0 Å². The molecule has 1 aliphatic heterocycles. The van der Waals surface area contributed by atoms with E-state index in [1.165, 1.54) is 11.1 Å². The Hall–Kier alpha value is -1.55. The predicted molar refractivity (Wildman–Crippen MR) is 95.1 cm³/mol. The first kappa shape index (κ1) is 17.8. The summed E-state index contributed by atoms with van der Waals surface area (Å²) in [5.41, 5.74) is 2.56. The van der Waals surface area contributed by atoms with Crippen molar-refractivity contribution in [3.63, 3.8) is 0 Å². The van der Waals surface area contributed by atoms with Gasteiger partial charge in [-0.25, -0.2) is 0 Å². The maximum atomic E-state index is 10.1. The minimum Gasteiger partial charge on any atom is -0.497 e. The third-order valence-electron chi connectivity index (χ3n) is 4.41. The molecule has 124 valence electrons. The van der Waals surface area contributed by atoms with E-state index >= 15 is 0 Å². The van der Waals surface area contributed by atoms with Gasteiger partial charge in [-0.05, 0) is 36.1 Å². The maximum absolute atomic E-state index is 10.1. The lowest BCUT2D eigenvalue weighted by atomic mass is 9.93. The highest BCUT2D eigenvalue weighted by Gasteiger charge is 2.28. The number of ether oxygens (including phenoxy) is 1. The van der Waals surface area contributed by atoms with Gasteiger partial charge in [-0.2, -0.15) is 0 Å². The summed E-state index contributed by atoms with van der Waals surface area (Å²) in [7, 11) is 1.68. The first-order valence-electron chi connectivity index (χ1n) is 7.86. The topological polar surface area (TPSA) is 32.7 Å². The van der Waals surface area contributed by atoms with Gasteiger partial charge in [0.05, 0.1) is 13.2 Å². The van der Waals surface area contributed by atoms with Gasteiger partial charge >= 0.3 is 0 Å². The van der Waals surface area contributed by atoms with Crippen LogP contribution in [0.4, 0.5) is 0 Å². The van der Waals surface area contributed by atoms with Crippen LogP contribution in [0.25, 0.3) is 0 Å². The molecule has 0 bridgehead atoms. The number of nitrogens with zero attached hydrogens (tertiary/aromatic N) is 1. The van der Waals surface area contributed by atoms with E-state index in [2.05, 4.69) is 41.3 Å². The van der Waals surface area contributed by atoms with Crippen molar-refractivity contribution in [3.8, 4) is 5.75 Å². The third kappa shape index (κ3) is 4.47. The normalized spacial score (nSPS) is 21.5. The molecule has 3 nitrogen and oxygen atoms in total. The second kappa shape index (κ2) is 8.34. The SMILES string of the molecule is COc1ccc(C2CC(O)CCN2Cc2ccccc2)cc1.Cl. The van der Waals surface area contributed by atoms with E-state index in [0.29, 0.717) is 0 Å². The molecule has 1 N–H and O–H groups in total. The molecule has 0 radical (unpaired) electrons. The first-order chi connectivity index (χ1) is 10.8. The Morgan fingerprint density at radius 2 is 1.78 bits per heavy atom. The fourth-order valence-electron chi connectivity index (χ4n) is 3.18. The summed E-state index contributed by atoms with van der Waals surface area (Å²) in [5.74, 6) is 0.870. The van der Waals surface area contributed by atoms with Crippen LogP contribution in [0, 0.1) is 0 Å². The Balaban J connectivity index is 0.00000192. The number of halogens is 1. The van der Waals surface area contributed by atoms with E-state index in [-0.39, 0.29) is 24.6 Å². The van der Waals surface area contributed by atoms with Crippen molar-refractivity contribution in [1.29, 1.82) is 0 Å². The predicted octanol–water partition coefficient (Wildman–Crippen LogP) is 3.82. The Morgan fingerprint density at radius 1 is 1.09 bits per heavy atom. The quantitative estimate of drug-likeness (QED) is 0.923. The van der Waals surface area contributed by atoms with Gasteiger partial charge in [0.2, 0.25) is 0 Å². The van der Waals surface area contributed by atoms with Gasteiger partial charge in [-0.1, -0.05) is 42.5 Å². The highest BCUT2D eigenvalue weighted by atomic mass is 35.5. The Labute approximate surface area is 144 Å². The van der Waals surface area contributed by atoms with Crippen molar-refractivity contribution >= 4 is 12.4 Å². The summed E-state index contributed by atoms with van der Waals surface area (Å²) in [4.78, 5) is 2.46. The first-order valence-corrected chi connectivity index (χ1v) is 7.86. The molecular formula is C19H24ClNO2.